The summed E-state index contributed by atoms with van der Waals surface area (Å²) in [5.41, 5.74) is 4.56. The first-order chi connectivity index (χ1) is 8.71. The third kappa shape index (κ3) is 2.62. The summed E-state index contributed by atoms with van der Waals surface area (Å²) in [5, 5.41) is 0. The molecule has 18 heavy (non-hydrogen) atoms. The van der Waals surface area contributed by atoms with Gasteiger partial charge in [0.05, 0.1) is 0 Å². The van der Waals surface area contributed by atoms with E-state index in [-0.39, 0.29) is 0 Å². The normalized spacial score (nSPS) is 11.9. The van der Waals surface area contributed by atoms with Crippen molar-refractivity contribution >= 4 is 24.3 Å². The molecule has 0 N–H and O–H groups in total. The summed E-state index contributed by atoms with van der Waals surface area (Å²) in [6.45, 7) is 11.8. The van der Waals surface area contributed by atoms with Gasteiger partial charge in [-0.2, -0.15) is 0 Å². The second-order valence-electron chi connectivity index (χ2n) is 3.95. The van der Waals surface area contributed by atoms with Gasteiger partial charge in [-0.25, -0.2) is 0 Å². The molecule has 0 aliphatic rings. The van der Waals surface area contributed by atoms with Gasteiger partial charge in [0.1, 0.15) is 0 Å². The highest BCUT2D eigenvalue weighted by Gasteiger charge is 2.12. The van der Waals surface area contributed by atoms with Crippen LogP contribution < -0.4 is 0 Å². The van der Waals surface area contributed by atoms with E-state index in [0.29, 0.717) is 0 Å². The lowest BCUT2D eigenvalue weighted by molar-refractivity contribution is 0.900. The smallest absolute Gasteiger partial charge is 0.0488 e. The molecule has 0 spiro atoms. The molecule has 1 heteroatoms. The van der Waals surface area contributed by atoms with Crippen molar-refractivity contribution in [2.45, 2.75) is 13.8 Å². The van der Waals surface area contributed by atoms with Crippen molar-refractivity contribution in [2.75, 3.05) is 0 Å². The van der Waals surface area contributed by atoms with E-state index in [4.69, 9.17) is 0 Å². The Labute approximate surface area is 110 Å². The van der Waals surface area contributed by atoms with Crippen LogP contribution in [0.25, 0.3) is 24.3 Å². The largest absolute Gasteiger partial charge is 0.344 e. The van der Waals surface area contributed by atoms with Gasteiger partial charge >= 0.3 is 0 Å². The minimum Gasteiger partial charge on any atom is -0.344 e. The van der Waals surface area contributed by atoms with Crippen LogP contribution in [-0.4, -0.2) is 4.57 Å². The molecule has 0 bridgehead atoms. The first kappa shape index (κ1) is 14.0. The van der Waals surface area contributed by atoms with Crippen LogP contribution in [0, 0.1) is 0 Å². The van der Waals surface area contributed by atoms with Crippen LogP contribution in [-0.2, 0) is 7.05 Å². The van der Waals surface area contributed by atoms with Gasteiger partial charge in [-0.05, 0) is 26.0 Å². The fourth-order valence-electron chi connectivity index (χ4n) is 2.01. The van der Waals surface area contributed by atoms with Gasteiger partial charge < -0.3 is 4.57 Å². The van der Waals surface area contributed by atoms with Gasteiger partial charge in [-0.15, -0.1) is 0 Å². The van der Waals surface area contributed by atoms with Gasteiger partial charge in [0.15, 0.2) is 0 Å². The van der Waals surface area contributed by atoms with Crippen molar-refractivity contribution in [3.63, 3.8) is 0 Å². The molecule has 0 radical (unpaired) electrons. The molecule has 1 aromatic rings. The third-order valence-corrected chi connectivity index (χ3v) is 2.86. The zero-order valence-corrected chi connectivity index (χ0v) is 11.5. The molecule has 1 rings (SSSR count). The number of nitrogens with zero attached hydrogens (tertiary/aromatic N) is 1. The van der Waals surface area contributed by atoms with E-state index in [9.17, 15) is 0 Å². The fraction of sp³-hybridized carbons (Fsp3) is 0.176. The number of aromatic nitrogens is 1. The van der Waals surface area contributed by atoms with Crippen LogP contribution in [0.1, 0.15) is 36.4 Å². The maximum atomic E-state index is 3.91. The number of hydrogen-bond donors (Lipinski definition) is 0. The average Bonchev–Trinajstić information content (AvgIpc) is 2.63. The van der Waals surface area contributed by atoms with Crippen molar-refractivity contribution in [3.8, 4) is 0 Å². The van der Waals surface area contributed by atoms with E-state index >= 15 is 0 Å². The lowest BCUT2D eigenvalue weighted by Crippen LogP contribution is -1.94. The minimum atomic E-state index is 1.13. The first-order valence-electron chi connectivity index (χ1n) is 6.10. The molecular formula is C17H21N. The Hall–Kier alpha value is -2.02. The molecule has 0 aromatic carbocycles. The number of rotatable bonds is 5. The molecule has 0 aliphatic heterocycles. The first-order valence-corrected chi connectivity index (χ1v) is 6.10. The molecule has 0 unspecified atom stereocenters. The molecule has 0 atom stereocenters. The van der Waals surface area contributed by atoms with Crippen molar-refractivity contribution in [3.05, 3.63) is 60.0 Å². The van der Waals surface area contributed by atoms with E-state index in [2.05, 4.69) is 36.9 Å². The second kappa shape index (κ2) is 6.65. The molecule has 0 saturated carbocycles. The Morgan fingerprint density at radius 2 is 1.39 bits per heavy atom. The summed E-state index contributed by atoms with van der Waals surface area (Å²) in [6.07, 6.45) is 16.1. The Kier molecular flexibility index (Phi) is 5.19. The Balaban J connectivity index is 3.50. The second-order valence-corrected chi connectivity index (χ2v) is 3.95. The lowest BCUT2D eigenvalue weighted by Gasteiger charge is -2.01. The van der Waals surface area contributed by atoms with Gasteiger partial charge in [-0.1, -0.05) is 49.6 Å². The summed E-state index contributed by atoms with van der Waals surface area (Å²) in [7, 11) is 2.06. The Bertz CT molecular complexity index is 522. The van der Waals surface area contributed by atoms with E-state index < -0.39 is 0 Å². The SMILES string of the molecule is C=Cc1c(C=C)c(/C=C\C=C/C)n(C)c1/C=C\C. The molecule has 1 aromatic heterocycles. The van der Waals surface area contributed by atoms with Crippen molar-refractivity contribution in [2.24, 2.45) is 7.05 Å². The van der Waals surface area contributed by atoms with Gasteiger partial charge in [0, 0.05) is 29.6 Å². The van der Waals surface area contributed by atoms with Crippen LogP contribution >= 0.6 is 0 Å². The zero-order valence-electron chi connectivity index (χ0n) is 11.5. The fourth-order valence-corrected chi connectivity index (χ4v) is 2.01. The molecule has 94 valence electrons. The third-order valence-electron chi connectivity index (χ3n) is 2.86. The average molecular weight is 239 g/mol. The quantitative estimate of drug-likeness (QED) is 0.642. The molecule has 0 saturated heterocycles. The molecular weight excluding hydrogens is 218 g/mol. The molecule has 1 heterocycles. The number of allylic oxidation sites excluding steroid dienone is 4. The van der Waals surface area contributed by atoms with Crippen LogP contribution in [0.3, 0.4) is 0 Å². The van der Waals surface area contributed by atoms with Crippen LogP contribution in [0.5, 0.6) is 0 Å². The monoisotopic (exact) mass is 239 g/mol. The Morgan fingerprint density at radius 1 is 0.833 bits per heavy atom. The highest BCUT2D eigenvalue weighted by molar-refractivity contribution is 5.78. The summed E-state index contributed by atoms with van der Waals surface area (Å²) >= 11 is 0. The Morgan fingerprint density at radius 3 is 1.83 bits per heavy atom. The zero-order chi connectivity index (χ0) is 13.5. The maximum Gasteiger partial charge on any atom is 0.0488 e. The molecule has 0 amide bonds. The molecule has 0 fully saturated rings. The van der Waals surface area contributed by atoms with E-state index in [1.165, 1.54) is 0 Å². The predicted octanol–water partition coefficient (Wildman–Crippen LogP) is 4.93. The standard InChI is InChI=1S/C17H21N/c1-6-10-11-13-17-15(9-4)14(8-3)16(12-7-2)18(17)5/h6-13H,3-4H2,1-2,5H3/b10-6-,12-7-,13-11-. The summed E-state index contributed by atoms with van der Waals surface area (Å²) in [5.74, 6) is 0. The van der Waals surface area contributed by atoms with E-state index in [1.807, 2.05) is 50.3 Å². The minimum absolute atomic E-state index is 1.13. The van der Waals surface area contributed by atoms with E-state index in [0.717, 1.165) is 22.5 Å². The maximum absolute atomic E-state index is 3.91. The molecule has 0 aliphatic carbocycles. The van der Waals surface area contributed by atoms with Gasteiger partial charge in [-0.3, -0.25) is 0 Å². The van der Waals surface area contributed by atoms with Crippen molar-refractivity contribution in [1.29, 1.82) is 0 Å². The summed E-state index contributed by atoms with van der Waals surface area (Å²) in [4.78, 5) is 0. The van der Waals surface area contributed by atoms with Crippen molar-refractivity contribution in [1.82, 2.24) is 4.57 Å². The highest BCUT2D eigenvalue weighted by atomic mass is 15.0. The summed E-state index contributed by atoms with van der Waals surface area (Å²) in [6, 6.07) is 0. The van der Waals surface area contributed by atoms with E-state index in [1.54, 1.807) is 0 Å². The lowest BCUT2D eigenvalue weighted by atomic mass is 10.1. The van der Waals surface area contributed by atoms with Crippen LogP contribution in [0.15, 0.2) is 37.5 Å². The van der Waals surface area contributed by atoms with Crippen LogP contribution in [0.2, 0.25) is 0 Å². The number of hydrogen-bond acceptors (Lipinski definition) is 0. The van der Waals surface area contributed by atoms with Gasteiger partial charge in [0.25, 0.3) is 0 Å². The predicted molar refractivity (Wildman–Crippen MR) is 84.2 cm³/mol. The van der Waals surface area contributed by atoms with Crippen LogP contribution in [0.4, 0.5) is 0 Å². The van der Waals surface area contributed by atoms with Crippen molar-refractivity contribution < 1.29 is 0 Å². The van der Waals surface area contributed by atoms with Gasteiger partial charge in [0.2, 0.25) is 0 Å². The topological polar surface area (TPSA) is 4.93 Å². The molecule has 1 nitrogen and oxygen atoms in total. The summed E-state index contributed by atoms with van der Waals surface area (Å²) < 4.78 is 2.16. The highest BCUT2D eigenvalue weighted by Crippen LogP contribution is 2.27.